The average molecular weight is 298 g/mol. The van der Waals surface area contributed by atoms with E-state index in [0.29, 0.717) is 5.69 Å². The summed E-state index contributed by atoms with van der Waals surface area (Å²) in [5.74, 6) is -3.03. The molecule has 0 spiro atoms. The number of halogens is 3. The summed E-state index contributed by atoms with van der Waals surface area (Å²) in [6, 6.07) is 11.8. The Balaban J connectivity index is 2.45. The minimum absolute atomic E-state index is 0.0497. The van der Waals surface area contributed by atoms with E-state index in [2.05, 4.69) is 15.9 Å². The number of anilines is 1. The maximum absolute atomic E-state index is 14.1. The lowest BCUT2D eigenvalue weighted by Gasteiger charge is -2.17. The van der Waals surface area contributed by atoms with Gasteiger partial charge in [0.05, 0.1) is 0 Å². The van der Waals surface area contributed by atoms with Gasteiger partial charge in [0, 0.05) is 21.3 Å². The standard InChI is InChI=1S/C13H10BrF2N/c14-11-6-4-9(5-7-11)13(15,16)10-2-1-3-12(17)8-10/h1-8H,17H2. The number of benzene rings is 2. The molecule has 2 rings (SSSR count). The van der Waals surface area contributed by atoms with Crippen LogP contribution in [0.25, 0.3) is 0 Å². The lowest BCUT2D eigenvalue weighted by molar-refractivity contribution is 0.0429. The predicted molar refractivity (Wildman–Crippen MR) is 68.0 cm³/mol. The largest absolute Gasteiger partial charge is 0.399 e. The van der Waals surface area contributed by atoms with E-state index in [-0.39, 0.29) is 11.1 Å². The number of rotatable bonds is 2. The fraction of sp³-hybridized carbons (Fsp3) is 0.0769. The van der Waals surface area contributed by atoms with E-state index < -0.39 is 5.92 Å². The van der Waals surface area contributed by atoms with Crippen LogP contribution in [-0.4, -0.2) is 0 Å². The Bertz CT molecular complexity index is 523. The zero-order valence-electron chi connectivity index (χ0n) is 8.83. The van der Waals surface area contributed by atoms with Gasteiger partial charge >= 0.3 is 0 Å². The molecular weight excluding hydrogens is 288 g/mol. The fourth-order valence-electron chi connectivity index (χ4n) is 1.56. The molecule has 0 heterocycles. The third-order valence-corrected chi connectivity index (χ3v) is 2.98. The molecule has 4 heteroatoms. The van der Waals surface area contributed by atoms with Gasteiger partial charge in [0.15, 0.2) is 0 Å². The summed E-state index contributed by atoms with van der Waals surface area (Å²) in [6.07, 6.45) is 0. The van der Waals surface area contributed by atoms with Crippen molar-refractivity contribution in [3.05, 3.63) is 64.1 Å². The normalized spacial score (nSPS) is 11.5. The molecule has 1 nitrogen and oxygen atoms in total. The van der Waals surface area contributed by atoms with Gasteiger partial charge < -0.3 is 5.73 Å². The molecule has 88 valence electrons. The molecule has 0 aliphatic heterocycles. The van der Waals surface area contributed by atoms with Crippen LogP contribution in [0.2, 0.25) is 0 Å². The van der Waals surface area contributed by atoms with Crippen molar-refractivity contribution >= 4 is 21.6 Å². The highest BCUT2D eigenvalue weighted by Gasteiger charge is 2.33. The molecule has 0 fully saturated rings. The quantitative estimate of drug-likeness (QED) is 0.827. The maximum Gasteiger partial charge on any atom is 0.298 e. The van der Waals surface area contributed by atoms with Gasteiger partial charge in [-0.15, -0.1) is 0 Å². The van der Waals surface area contributed by atoms with Gasteiger partial charge in [0.2, 0.25) is 0 Å². The van der Waals surface area contributed by atoms with Crippen LogP contribution in [0.4, 0.5) is 14.5 Å². The summed E-state index contributed by atoms with van der Waals surface area (Å²) >= 11 is 3.22. The minimum atomic E-state index is -3.03. The molecule has 0 aliphatic carbocycles. The topological polar surface area (TPSA) is 26.0 Å². The first-order valence-electron chi connectivity index (χ1n) is 5.00. The average Bonchev–Trinajstić information content (AvgIpc) is 2.29. The summed E-state index contributed by atoms with van der Waals surface area (Å²) in [5, 5.41) is 0. The first kappa shape index (κ1) is 12.0. The molecule has 0 bridgehead atoms. The van der Waals surface area contributed by atoms with Crippen molar-refractivity contribution in [2.75, 3.05) is 5.73 Å². The molecule has 17 heavy (non-hydrogen) atoms. The summed E-state index contributed by atoms with van der Waals surface area (Å²) in [7, 11) is 0. The number of hydrogen-bond acceptors (Lipinski definition) is 1. The van der Waals surface area contributed by atoms with Gasteiger partial charge in [-0.25, -0.2) is 0 Å². The molecule has 0 aromatic heterocycles. The molecule has 0 saturated heterocycles. The Morgan fingerprint density at radius 1 is 0.941 bits per heavy atom. The van der Waals surface area contributed by atoms with E-state index in [1.165, 1.54) is 30.3 Å². The highest BCUT2D eigenvalue weighted by atomic mass is 79.9. The van der Waals surface area contributed by atoms with Crippen molar-refractivity contribution in [3.63, 3.8) is 0 Å². The van der Waals surface area contributed by atoms with Crippen LogP contribution in [0.1, 0.15) is 11.1 Å². The predicted octanol–water partition coefficient (Wildman–Crippen LogP) is 4.17. The molecule has 0 saturated carbocycles. The van der Waals surface area contributed by atoms with Gasteiger partial charge in [0.25, 0.3) is 5.92 Å². The third kappa shape index (κ3) is 2.47. The smallest absolute Gasteiger partial charge is 0.298 e. The lowest BCUT2D eigenvalue weighted by atomic mass is 10.00. The van der Waals surface area contributed by atoms with Crippen LogP contribution in [0.15, 0.2) is 53.0 Å². The number of nitrogen functional groups attached to an aromatic ring is 1. The first-order chi connectivity index (χ1) is 8.00. The van der Waals surface area contributed by atoms with Crippen LogP contribution < -0.4 is 5.73 Å². The second kappa shape index (κ2) is 4.45. The van der Waals surface area contributed by atoms with Crippen molar-refractivity contribution in [2.45, 2.75) is 5.92 Å². The minimum Gasteiger partial charge on any atom is -0.399 e. The van der Waals surface area contributed by atoms with E-state index in [1.54, 1.807) is 18.2 Å². The highest BCUT2D eigenvalue weighted by Crippen LogP contribution is 2.36. The number of nitrogens with two attached hydrogens (primary N) is 1. The summed E-state index contributed by atoms with van der Waals surface area (Å²) in [6.45, 7) is 0. The molecule has 0 atom stereocenters. The monoisotopic (exact) mass is 297 g/mol. The molecule has 2 aromatic carbocycles. The molecule has 0 amide bonds. The molecule has 2 aromatic rings. The van der Waals surface area contributed by atoms with Crippen LogP contribution in [0.3, 0.4) is 0 Å². The Kier molecular flexibility index (Phi) is 3.15. The van der Waals surface area contributed by atoms with Crippen LogP contribution >= 0.6 is 15.9 Å². The molecule has 2 N–H and O–H groups in total. The second-order valence-electron chi connectivity index (χ2n) is 3.71. The zero-order chi connectivity index (χ0) is 12.5. The Morgan fingerprint density at radius 2 is 1.59 bits per heavy atom. The summed E-state index contributed by atoms with van der Waals surface area (Å²) in [5.41, 5.74) is 5.70. The van der Waals surface area contributed by atoms with Crippen LogP contribution in [0, 0.1) is 0 Å². The highest BCUT2D eigenvalue weighted by molar-refractivity contribution is 9.10. The summed E-state index contributed by atoms with van der Waals surface area (Å²) in [4.78, 5) is 0. The van der Waals surface area contributed by atoms with Gasteiger partial charge in [0.1, 0.15) is 0 Å². The second-order valence-corrected chi connectivity index (χ2v) is 4.62. The molecule has 0 aliphatic rings. The van der Waals surface area contributed by atoms with Gasteiger partial charge in [-0.05, 0) is 24.3 Å². The maximum atomic E-state index is 14.1. The van der Waals surface area contributed by atoms with E-state index in [9.17, 15) is 8.78 Å². The van der Waals surface area contributed by atoms with E-state index in [0.717, 1.165) is 4.47 Å². The van der Waals surface area contributed by atoms with Crippen molar-refractivity contribution in [1.29, 1.82) is 0 Å². The third-order valence-electron chi connectivity index (χ3n) is 2.46. The van der Waals surface area contributed by atoms with E-state index in [4.69, 9.17) is 5.73 Å². The SMILES string of the molecule is Nc1cccc(C(F)(F)c2ccc(Br)cc2)c1. The zero-order valence-corrected chi connectivity index (χ0v) is 10.4. The molecular formula is C13H10BrF2N. The van der Waals surface area contributed by atoms with Crippen molar-refractivity contribution in [2.24, 2.45) is 0 Å². The summed E-state index contributed by atoms with van der Waals surface area (Å²) < 4.78 is 29.0. The van der Waals surface area contributed by atoms with E-state index >= 15 is 0 Å². The number of hydrogen-bond donors (Lipinski definition) is 1. The fourth-order valence-corrected chi connectivity index (χ4v) is 1.82. The number of alkyl halides is 2. The Morgan fingerprint density at radius 3 is 2.18 bits per heavy atom. The van der Waals surface area contributed by atoms with Gasteiger partial charge in [-0.1, -0.05) is 40.2 Å². The Hall–Kier alpha value is -1.42. The van der Waals surface area contributed by atoms with Crippen LogP contribution in [-0.2, 0) is 5.92 Å². The van der Waals surface area contributed by atoms with E-state index in [1.807, 2.05) is 0 Å². The first-order valence-corrected chi connectivity index (χ1v) is 5.79. The van der Waals surface area contributed by atoms with Crippen molar-refractivity contribution in [3.8, 4) is 0 Å². The van der Waals surface area contributed by atoms with Gasteiger partial charge in [-0.2, -0.15) is 8.78 Å². The molecule has 0 unspecified atom stereocenters. The van der Waals surface area contributed by atoms with Crippen LogP contribution in [0.5, 0.6) is 0 Å². The van der Waals surface area contributed by atoms with Gasteiger partial charge in [-0.3, -0.25) is 0 Å². The van der Waals surface area contributed by atoms with Crippen molar-refractivity contribution < 1.29 is 8.78 Å². The Labute approximate surface area is 106 Å². The lowest BCUT2D eigenvalue weighted by Crippen LogP contribution is -2.15. The molecule has 0 radical (unpaired) electrons. The van der Waals surface area contributed by atoms with Crippen molar-refractivity contribution in [1.82, 2.24) is 0 Å².